The zero-order valence-corrected chi connectivity index (χ0v) is 11.8. The van der Waals surface area contributed by atoms with Crippen molar-refractivity contribution in [2.45, 2.75) is 26.8 Å². The second kappa shape index (κ2) is 4.92. The number of imidazole rings is 1. The lowest BCUT2D eigenvalue weighted by Gasteiger charge is -2.09. The van der Waals surface area contributed by atoms with Crippen LogP contribution in [0.1, 0.15) is 25.7 Å². The van der Waals surface area contributed by atoms with Gasteiger partial charge in [-0.05, 0) is 32.9 Å². The minimum atomic E-state index is 0.318. The molecule has 2 heterocycles. The smallest absolute Gasteiger partial charge is 0.166 e. The van der Waals surface area contributed by atoms with Crippen LogP contribution < -0.4 is 5.32 Å². The molecule has 0 aliphatic carbocycles. The molecule has 20 heavy (non-hydrogen) atoms. The van der Waals surface area contributed by atoms with E-state index < -0.39 is 0 Å². The molecule has 3 rings (SSSR count). The zero-order valence-electron chi connectivity index (χ0n) is 11.8. The molecule has 0 radical (unpaired) electrons. The van der Waals surface area contributed by atoms with Crippen molar-refractivity contribution >= 4 is 22.7 Å². The summed E-state index contributed by atoms with van der Waals surface area (Å²) in [5.74, 6) is 1.48. The van der Waals surface area contributed by atoms with Gasteiger partial charge in [0.1, 0.15) is 5.82 Å². The molecule has 0 aliphatic rings. The molecule has 102 valence electrons. The number of nitrogens with one attached hydrogen (secondary N) is 1. The Morgan fingerprint density at radius 1 is 1.10 bits per heavy atom. The van der Waals surface area contributed by atoms with Crippen LogP contribution in [-0.4, -0.2) is 19.5 Å². The van der Waals surface area contributed by atoms with Gasteiger partial charge in [0, 0.05) is 11.7 Å². The molecule has 2 aromatic heterocycles. The molecule has 3 aromatic rings. The van der Waals surface area contributed by atoms with E-state index in [2.05, 4.69) is 38.7 Å². The van der Waals surface area contributed by atoms with E-state index in [1.807, 2.05) is 43.6 Å². The van der Waals surface area contributed by atoms with Crippen LogP contribution in [0.4, 0.5) is 11.5 Å². The fraction of sp³-hybridized carbons (Fsp3) is 0.267. The Morgan fingerprint density at radius 2 is 1.85 bits per heavy atom. The highest BCUT2D eigenvalue weighted by atomic mass is 15.2. The van der Waals surface area contributed by atoms with Crippen LogP contribution in [0.3, 0.4) is 0 Å². The number of hydrogen-bond donors (Lipinski definition) is 1. The molecule has 0 unspecified atom stereocenters. The van der Waals surface area contributed by atoms with Gasteiger partial charge in [-0.25, -0.2) is 15.0 Å². The van der Waals surface area contributed by atoms with Crippen LogP contribution in [0.25, 0.3) is 11.2 Å². The molecule has 0 saturated heterocycles. The number of benzene rings is 1. The van der Waals surface area contributed by atoms with Crippen molar-refractivity contribution in [3.8, 4) is 0 Å². The predicted octanol–water partition coefficient (Wildman–Crippen LogP) is 3.46. The summed E-state index contributed by atoms with van der Waals surface area (Å²) in [6.07, 6.45) is 1.82. The Hall–Kier alpha value is -2.43. The molecule has 1 aromatic carbocycles. The molecule has 0 amide bonds. The molecule has 0 atom stereocenters. The Labute approximate surface area is 117 Å². The van der Waals surface area contributed by atoms with Crippen molar-refractivity contribution < 1.29 is 0 Å². The number of fused-ring (bicyclic) bond motifs is 1. The van der Waals surface area contributed by atoms with E-state index in [4.69, 9.17) is 0 Å². The van der Waals surface area contributed by atoms with Crippen molar-refractivity contribution in [3.63, 3.8) is 0 Å². The summed E-state index contributed by atoms with van der Waals surface area (Å²) in [5, 5.41) is 3.31. The van der Waals surface area contributed by atoms with E-state index in [-0.39, 0.29) is 0 Å². The zero-order chi connectivity index (χ0) is 14.1. The molecule has 0 fully saturated rings. The Balaban J connectivity index is 2.11. The highest BCUT2D eigenvalue weighted by Gasteiger charge is 2.13. The van der Waals surface area contributed by atoms with Gasteiger partial charge in [-0.15, -0.1) is 0 Å². The van der Waals surface area contributed by atoms with Crippen molar-refractivity contribution in [2.24, 2.45) is 0 Å². The first kappa shape index (κ1) is 12.6. The third-order valence-electron chi connectivity index (χ3n) is 3.13. The molecule has 0 saturated carbocycles. The number of anilines is 2. The van der Waals surface area contributed by atoms with Gasteiger partial charge in [-0.2, -0.15) is 0 Å². The monoisotopic (exact) mass is 267 g/mol. The van der Waals surface area contributed by atoms with Gasteiger partial charge < -0.3 is 9.88 Å². The predicted molar refractivity (Wildman–Crippen MR) is 80.2 cm³/mol. The Kier molecular flexibility index (Phi) is 3.10. The lowest BCUT2D eigenvalue weighted by Crippen LogP contribution is -2.03. The van der Waals surface area contributed by atoms with Crippen LogP contribution >= 0.6 is 0 Å². The summed E-state index contributed by atoms with van der Waals surface area (Å²) >= 11 is 0. The number of aromatic nitrogens is 4. The lowest BCUT2D eigenvalue weighted by molar-refractivity contribution is 0.612. The summed E-state index contributed by atoms with van der Waals surface area (Å²) < 4.78 is 2.06. The van der Waals surface area contributed by atoms with E-state index in [9.17, 15) is 0 Å². The second-order valence-electron chi connectivity index (χ2n) is 5.03. The molecular weight excluding hydrogens is 250 g/mol. The molecule has 5 nitrogen and oxygen atoms in total. The number of rotatable bonds is 3. The maximum absolute atomic E-state index is 4.51. The number of nitrogens with zero attached hydrogens (tertiary/aromatic N) is 4. The van der Waals surface area contributed by atoms with E-state index in [1.165, 1.54) is 0 Å². The fourth-order valence-electron chi connectivity index (χ4n) is 2.15. The van der Waals surface area contributed by atoms with E-state index in [1.54, 1.807) is 0 Å². The van der Waals surface area contributed by atoms with E-state index in [0.29, 0.717) is 6.04 Å². The molecule has 0 spiro atoms. The molecule has 0 bridgehead atoms. The van der Waals surface area contributed by atoms with Gasteiger partial charge >= 0.3 is 0 Å². The highest BCUT2D eigenvalue weighted by Crippen LogP contribution is 2.24. The third-order valence-corrected chi connectivity index (χ3v) is 3.13. The maximum Gasteiger partial charge on any atom is 0.166 e. The number of hydrogen-bond acceptors (Lipinski definition) is 4. The van der Waals surface area contributed by atoms with Gasteiger partial charge in [-0.1, -0.05) is 18.2 Å². The molecule has 5 heteroatoms. The number of para-hydroxylation sites is 1. The van der Waals surface area contributed by atoms with Crippen LogP contribution in [0.15, 0.2) is 36.7 Å². The maximum atomic E-state index is 4.51. The van der Waals surface area contributed by atoms with E-state index >= 15 is 0 Å². The summed E-state index contributed by atoms with van der Waals surface area (Å²) in [7, 11) is 0. The summed E-state index contributed by atoms with van der Waals surface area (Å²) in [6.45, 7) is 6.12. The quantitative estimate of drug-likeness (QED) is 0.789. The summed E-state index contributed by atoms with van der Waals surface area (Å²) in [6, 6.07) is 10.3. The van der Waals surface area contributed by atoms with Gasteiger partial charge in [0.25, 0.3) is 0 Å². The standard InChI is InChI=1S/C15H17N5/c1-10(2)20-9-16-13-14(17-11(3)18-15(13)20)19-12-7-5-4-6-8-12/h4-10H,1-3H3,(H,17,18,19). The second-order valence-corrected chi connectivity index (χ2v) is 5.03. The first-order valence-electron chi connectivity index (χ1n) is 6.68. The van der Waals surface area contributed by atoms with Gasteiger partial charge in [0.15, 0.2) is 17.0 Å². The minimum Gasteiger partial charge on any atom is -0.338 e. The van der Waals surface area contributed by atoms with Gasteiger partial charge in [-0.3, -0.25) is 0 Å². The molecule has 0 aliphatic heterocycles. The average Bonchev–Trinajstić information content (AvgIpc) is 2.83. The molecular formula is C15H17N5. The third kappa shape index (κ3) is 2.22. The lowest BCUT2D eigenvalue weighted by atomic mass is 10.3. The van der Waals surface area contributed by atoms with Crippen molar-refractivity contribution in [1.82, 2.24) is 19.5 Å². The van der Waals surface area contributed by atoms with Gasteiger partial charge in [0.05, 0.1) is 6.33 Å². The van der Waals surface area contributed by atoms with Crippen molar-refractivity contribution in [3.05, 3.63) is 42.5 Å². The van der Waals surface area contributed by atoms with Crippen molar-refractivity contribution in [1.29, 1.82) is 0 Å². The summed E-state index contributed by atoms with van der Waals surface area (Å²) in [5.41, 5.74) is 2.66. The topological polar surface area (TPSA) is 55.6 Å². The van der Waals surface area contributed by atoms with Crippen LogP contribution in [0, 0.1) is 6.92 Å². The largest absolute Gasteiger partial charge is 0.338 e. The van der Waals surface area contributed by atoms with Gasteiger partial charge in [0.2, 0.25) is 0 Å². The first-order valence-corrected chi connectivity index (χ1v) is 6.68. The summed E-state index contributed by atoms with van der Waals surface area (Å²) in [4.78, 5) is 13.4. The van der Waals surface area contributed by atoms with E-state index in [0.717, 1.165) is 28.5 Å². The first-order chi connectivity index (χ1) is 9.65. The molecule has 1 N–H and O–H groups in total. The SMILES string of the molecule is Cc1nc(Nc2ccccc2)c2ncn(C(C)C)c2n1. The minimum absolute atomic E-state index is 0.318. The Morgan fingerprint density at radius 3 is 2.55 bits per heavy atom. The number of aryl methyl sites for hydroxylation is 1. The van der Waals surface area contributed by atoms with Crippen LogP contribution in [0.5, 0.6) is 0 Å². The Bertz CT molecular complexity index is 731. The van der Waals surface area contributed by atoms with Crippen molar-refractivity contribution in [2.75, 3.05) is 5.32 Å². The fourth-order valence-corrected chi connectivity index (χ4v) is 2.15. The highest BCUT2D eigenvalue weighted by molar-refractivity contribution is 5.85. The van der Waals surface area contributed by atoms with Crippen LogP contribution in [-0.2, 0) is 0 Å². The average molecular weight is 267 g/mol. The normalized spacial score (nSPS) is 11.2. The van der Waals surface area contributed by atoms with Crippen LogP contribution in [0.2, 0.25) is 0 Å².